The van der Waals surface area contributed by atoms with Crippen molar-refractivity contribution in [3.05, 3.63) is 0 Å². The highest BCUT2D eigenvalue weighted by atomic mass is 35.5. The molecule has 2 N–H and O–H groups in total. The second kappa shape index (κ2) is 6.16. The van der Waals surface area contributed by atoms with Gasteiger partial charge >= 0.3 is 0 Å². The largest absolute Gasteiger partial charge is 0.326 e. The molecule has 1 rings (SSSR count). The lowest BCUT2D eigenvalue weighted by Gasteiger charge is -2.25. The normalized spacial score (nSPS) is 22.8. The van der Waals surface area contributed by atoms with E-state index in [0.29, 0.717) is 25.6 Å². The molecular formula is C9H22ClN3O2S. The van der Waals surface area contributed by atoms with Gasteiger partial charge in [-0.3, -0.25) is 0 Å². The third-order valence-corrected chi connectivity index (χ3v) is 4.45. The van der Waals surface area contributed by atoms with Gasteiger partial charge in [-0.2, -0.15) is 17.0 Å². The summed E-state index contributed by atoms with van der Waals surface area (Å²) in [7, 11) is -1.66. The minimum atomic E-state index is -3.28. The summed E-state index contributed by atoms with van der Waals surface area (Å²) in [6.07, 6.45) is 0.759. The van der Waals surface area contributed by atoms with E-state index in [9.17, 15) is 8.42 Å². The van der Waals surface area contributed by atoms with E-state index < -0.39 is 10.2 Å². The zero-order valence-corrected chi connectivity index (χ0v) is 11.7. The Bertz CT molecular complexity index is 308. The van der Waals surface area contributed by atoms with Gasteiger partial charge in [-0.15, -0.1) is 12.4 Å². The molecule has 0 aliphatic carbocycles. The first kappa shape index (κ1) is 16.1. The van der Waals surface area contributed by atoms with Crippen molar-refractivity contribution in [2.24, 2.45) is 11.7 Å². The molecule has 98 valence electrons. The fraction of sp³-hybridized carbons (Fsp3) is 1.00. The molecule has 0 amide bonds. The van der Waals surface area contributed by atoms with Crippen molar-refractivity contribution in [2.75, 3.05) is 26.7 Å². The fourth-order valence-corrected chi connectivity index (χ4v) is 3.37. The average Bonchev–Trinajstić information content (AvgIpc) is 2.50. The molecule has 1 saturated heterocycles. The molecule has 0 spiro atoms. The first-order chi connectivity index (χ1) is 6.84. The molecule has 16 heavy (non-hydrogen) atoms. The summed E-state index contributed by atoms with van der Waals surface area (Å²) in [5.74, 6) is 0.334. The van der Waals surface area contributed by atoms with E-state index in [1.165, 1.54) is 8.61 Å². The van der Waals surface area contributed by atoms with Gasteiger partial charge in [0.2, 0.25) is 0 Å². The number of rotatable bonds is 4. The van der Waals surface area contributed by atoms with E-state index in [0.717, 1.165) is 6.42 Å². The second-order valence-electron chi connectivity index (χ2n) is 4.59. The number of hydrogen-bond acceptors (Lipinski definition) is 3. The highest BCUT2D eigenvalue weighted by molar-refractivity contribution is 7.86. The summed E-state index contributed by atoms with van der Waals surface area (Å²) >= 11 is 0. The van der Waals surface area contributed by atoms with Crippen LogP contribution in [0, 0.1) is 5.92 Å². The minimum Gasteiger partial charge on any atom is -0.326 e. The van der Waals surface area contributed by atoms with Gasteiger partial charge in [0, 0.05) is 32.7 Å². The summed E-state index contributed by atoms with van der Waals surface area (Å²) in [6, 6.07) is -0.00720. The molecule has 0 aromatic carbocycles. The second-order valence-corrected chi connectivity index (χ2v) is 6.62. The zero-order chi connectivity index (χ0) is 11.6. The first-order valence-corrected chi connectivity index (χ1v) is 6.70. The van der Waals surface area contributed by atoms with E-state index in [1.54, 1.807) is 7.05 Å². The lowest BCUT2D eigenvalue weighted by molar-refractivity contribution is 0.366. The molecule has 7 heteroatoms. The maximum absolute atomic E-state index is 12.0. The molecule has 1 aliphatic rings. The van der Waals surface area contributed by atoms with Crippen LogP contribution in [0.2, 0.25) is 0 Å². The molecule has 0 saturated carbocycles. The van der Waals surface area contributed by atoms with E-state index in [2.05, 4.69) is 0 Å². The molecule has 0 aromatic heterocycles. The van der Waals surface area contributed by atoms with E-state index >= 15 is 0 Å². The van der Waals surface area contributed by atoms with Crippen LogP contribution in [0.1, 0.15) is 20.3 Å². The fourth-order valence-electron chi connectivity index (χ4n) is 1.77. The van der Waals surface area contributed by atoms with Crippen LogP contribution in [0.3, 0.4) is 0 Å². The molecule has 0 radical (unpaired) electrons. The molecule has 1 heterocycles. The Kier molecular flexibility index (Phi) is 6.21. The van der Waals surface area contributed by atoms with E-state index in [-0.39, 0.29) is 18.4 Å². The van der Waals surface area contributed by atoms with Gasteiger partial charge in [0.25, 0.3) is 10.2 Å². The van der Waals surface area contributed by atoms with Gasteiger partial charge in [0.15, 0.2) is 0 Å². The molecule has 1 aliphatic heterocycles. The summed E-state index contributed by atoms with van der Waals surface area (Å²) in [5.41, 5.74) is 5.70. The molecule has 1 fully saturated rings. The predicted octanol–water partition coefficient (Wildman–Crippen LogP) is 0.274. The zero-order valence-electron chi connectivity index (χ0n) is 10.1. The maximum atomic E-state index is 12.0. The maximum Gasteiger partial charge on any atom is 0.281 e. The summed E-state index contributed by atoms with van der Waals surface area (Å²) < 4.78 is 26.9. The number of nitrogens with two attached hydrogens (primary N) is 1. The van der Waals surface area contributed by atoms with E-state index in [4.69, 9.17) is 5.73 Å². The van der Waals surface area contributed by atoms with Crippen molar-refractivity contribution in [3.63, 3.8) is 0 Å². The average molecular weight is 272 g/mol. The van der Waals surface area contributed by atoms with Gasteiger partial charge in [-0.1, -0.05) is 13.8 Å². The highest BCUT2D eigenvalue weighted by Crippen LogP contribution is 2.15. The lowest BCUT2D eigenvalue weighted by Crippen LogP contribution is -2.43. The summed E-state index contributed by atoms with van der Waals surface area (Å²) in [6.45, 7) is 5.55. The lowest BCUT2D eigenvalue weighted by atomic mass is 10.2. The third-order valence-electron chi connectivity index (χ3n) is 2.53. The first-order valence-electron chi connectivity index (χ1n) is 5.31. The van der Waals surface area contributed by atoms with Crippen molar-refractivity contribution in [1.82, 2.24) is 8.61 Å². The van der Waals surface area contributed by atoms with Crippen LogP contribution >= 0.6 is 12.4 Å². The Morgan fingerprint density at radius 2 is 2.06 bits per heavy atom. The molecule has 5 nitrogen and oxygen atoms in total. The van der Waals surface area contributed by atoms with Crippen molar-refractivity contribution < 1.29 is 8.42 Å². The predicted molar refractivity (Wildman–Crippen MR) is 67.8 cm³/mol. The van der Waals surface area contributed by atoms with Gasteiger partial charge in [0.05, 0.1) is 0 Å². The summed E-state index contributed by atoms with van der Waals surface area (Å²) in [4.78, 5) is 0. The van der Waals surface area contributed by atoms with Gasteiger partial charge in [0.1, 0.15) is 0 Å². The Morgan fingerprint density at radius 1 is 1.50 bits per heavy atom. The van der Waals surface area contributed by atoms with Crippen LogP contribution < -0.4 is 5.73 Å². The van der Waals surface area contributed by atoms with E-state index in [1.807, 2.05) is 13.8 Å². The smallest absolute Gasteiger partial charge is 0.281 e. The van der Waals surface area contributed by atoms with Crippen LogP contribution in [0.5, 0.6) is 0 Å². The van der Waals surface area contributed by atoms with Gasteiger partial charge in [-0.05, 0) is 12.3 Å². The Labute approximate surface area is 105 Å². The highest BCUT2D eigenvalue weighted by Gasteiger charge is 2.32. The van der Waals surface area contributed by atoms with Gasteiger partial charge < -0.3 is 5.73 Å². The molecular weight excluding hydrogens is 250 g/mol. The molecule has 0 aromatic rings. The van der Waals surface area contributed by atoms with Crippen LogP contribution in [0.25, 0.3) is 0 Å². The Morgan fingerprint density at radius 3 is 2.44 bits per heavy atom. The summed E-state index contributed by atoms with van der Waals surface area (Å²) in [5, 5.41) is 0. The van der Waals surface area contributed by atoms with Crippen LogP contribution in [-0.2, 0) is 10.2 Å². The van der Waals surface area contributed by atoms with Gasteiger partial charge in [-0.25, -0.2) is 0 Å². The van der Waals surface area contributed by atoms with Crippen LogP contribution in [0.15, 0.2) is 0 Å². The SMILES string of the molecule is CC(C)CN(C)S(=O)(=O)N1CC[C@@H](N)C1.Cl. The third kappa shape index (κ3) is 3.85. The monoisotopic (exact) mass is 271 g/mol. The molecule has 0 bridgehead atoms. The Hall–Kier alpha value is 0.120. The number of hydrogen-bond donors (Lipinski definition) is 1. The van der Waals surface area contributed by atoms with Crippen molar-refractivity contribution in [1.29, 1.82) is 0 Å². The molecule has 0 unspecified atom stereocenters. The molecule has 1 atom stereocenters. The number of nitrogens with zero attached hydrogens (tertiary/aromatic N) is 2. The van der Waals surface area contributed by atoms with Crippen molar-refractivity contribution >= 4 is 22.6 Å². The number of halogens is 1. The van der Waals surface area contributed by atoms with Crippen molar-refractivity contribution in [2.45, 2.75) is 26.3 Å². The van der Waals surface area contributed by atoms with Crippen molar-refractivity contribution in [3.8, 4) is 0 Å². The standard InChI is InChI=1S/C9H21N3O2S.ClH/c1-8(2)6-11(3)15(13,14)12-5-4-9(10)7-12;/h8-9H,4-7,10H2,1-3H3;1H/t9-;/m1./s1. The minimum absolute atomic E-state index is 0. The quantitative estimate of drug-likeness (QED) is 0.798. The van der Waals surface area contributed by atoms with Crippen LogP contribution in [0.4, 0.5) is 0 Å². The topological polar surface area (TPSA) is 66.6 Å². The Balaban J connectivity index is 0.00000225. The van der Waals surface area contributed by atoms with Crippen LogP contribution in [-0.4, -0.2) is 49.8 Å².